The molecule has 2 rings (SSSR count). The van der Waals surface area contributed by atoms with Crippen molar-refractivity contribution in [1.29, 1.82) is 0 Å². The maximum Gasteiger partial charge on any atom is 0.311 e. The summed E-state index contributed by atoms with van der Waals surface area (Å²) in [5.41, 5.74) is 1.97. The first-order chi connectivity index (χ1) is 7.15. The number of ether oxygens (including phenoxy) is 1. The number of aliphatic carboxylic acids is 1. The summed E-state index contributed by atoms with van der Waals surface area (Å²) in [5, 5.41) is 9.15. The van der Waals surface area contributed by atoms with Crippen molar-refractivity contribution < 1.29 is 14.6 Å². The van der Waals surface area contributed by atoms with Gasteiger partial charge in [0.15, 0.2) is 0 Å². The first kappa shape index (κ1) is 10.0. The van der Waals surface area contributed by atoms with Gasteiger partial charge >= 0.3 is 5.97 Å². The Bertz CT molecular complexity index is 398. The Balaban J connectivity index is 2.51. The molecule has 0 saturated carbocycles. The van der Waals surface area contributed by atoms with E-state index in [0.717, 1.165) is 23.3 Å². The number of hydrogen-bond acceptors (Lipinski definition) is 2. The molecule has 2 unspecified atom stereocenters. The summed E-state index contributed by atoms with van der Waals surface area (Å²) in [5.74, 6) is -0.165. The van der Waals surface area contributed by atoms with Crippen LogP contribution in [0.5, 0.6) is 5.75 Å². The lowest BCUT2D eigenvalue weighted by atomic mass is 9.94. The minimum Gasteiger partial charge on any atom is -0.496 e. The minimum atomic E-state index is -0.741. The number of carbonyl (C=O) groups is 1. The number of fused-ring (bicyclic) bond motifs is 1. The quantitative estimate of drug-likeness (QED) is 0.805. The van der Waals surface area contributed by atoms with Crippen LogP contribution in [0.1, 0.15) is 24.0 Å². The average Bonchev–Trinajstić information content (AvgIpc) is 2.53. The minimum absolute atomic E-state index is 0.147. The molecular weight excluding hydrogens is 192 g/mol. The highest BCUT2D eigenvalue weighted by Gasteiger charge is 2.36. The molecule has 1 aromatic carbocycles. The van der Waals surface area contributed by atoms with Gasteiger partial charge in [0.05, 0.1) is 13.0 Å². The van der Waals surface area contributed by atoms with Crippen LogP contribution >= 0.6 is 0 Å². The highest BCUT2D eigenvalue weighted by Crippen LogP contribution is 2.41. The fourth-order valence-electron chi connectivity index (χ4n) is 2.41. The van der Waals surface area contributed by atoms with Crippen LogP contribution in [0.25, 0.3) is 0 Å². The second-order valence-corrected chi connectivity index (χ2v) is 4.03. The van der Waals surface area contributed by atoms with Crippen molar-refractivity contribution in [2.45, 2.75) is 19.3 Å². The Kier molecular flexibility index (Phi) is 2.39. The van der Waals surface area contributed by atoms with Crippen LogP contribution in [0, 0.1) is 5.92 Å². The molecule has 0 amide bonds. The predicted octanol–water partition coefficient (Wildman–Crippen LogP) is 2.06. The van der Waals surface area contributed by atoms with E-state index in [1.54, 1.807) is 7.11 Å². The number of hydrogen-bond donors (Lipinski definition) is 1. The summed E-state index contributed by atoms with van der Waals surface area (Å²) >= 11 is 0. The Hall–Kier alpha value is -1.51. The molecule has 3 heteroatoms. The number of rotatable bonds is 2. The maximum absolute atomic E-state index is 11.1. The molecule has 1 aliphatic carbocycles. The maximum atomic E-state index is 11.1. The van der Waals surface area contributed by atoms with Gasteiger partial charge in [-0.15, -0.1) is 0 Å². The molecule has 15 heavy (non-hydrogen) atoms. The first-order valence-corrected chi connectivity index (χ1v) is 5.03. The van der Waals surface area contributed by atoms with E-state index in [1.807, 2.05) is 25.1 Å². The van der Waals surface area contributed by atoms with E-state index < -0.39 is 5.97 Å². The fraction of sp³-hybridized carbons (Fsp3) is 0.417. The van der Waals surface area contributed by atoms with Gasteiger partial charge in [0.2, 0.25) is 0 Å². The van der Waals surface area contributed by atoms with E-state index in [4.69, 9.17) is 9.84 Å². The van der Waals surface area contributed by atoms with Crippen molar-refractivity contribution >= 4 is 5.97 Å². The van der Waals surface area contributed by atoms with Crippen molar-refractivity contribution in [3.63, 3.8) is 0 Å². The Labute approximate surface area is 88.7 Å². The first-order valence-electron chi connectivity index (χ1n) is 5.03. The SMILES string of the molecule is COc1cccc2c1CC(C)C2C(=O)O. The molecular formula is C12H14O3. The van der Waals surface area contributed by atoms with Crippen LogP contribution in [0.3, 0.4) is 0 Å². The molecule has 1 aliphatic rings. The van der Waals surface area contributed by atoms with Gasteiger partial charge in [-0.2, -0.15) is 0 Å². The summed E-state index contributed by atoms with van der Waals surface area (Å²) in [6.45, 7) is 1.97. The van der Waals surface area contributed by atoms with E-state index in [-0.39, 0.29) is 11.8 Å². The molecule has 2 atom stereocenters. The summed E-state index contributed by atoms with van der Waals surface area (Å²) in [7, 11) is 1.62. The topological polar surface area (TPSA) is 46.5 Å². The van der Waals surface area contributed by atoms with E-state index >= 15 is 0 Å². The molecule has 0 saturated heterocycles. The molecule has 0 aromatic heterocycles. The molecule has 1 aromatic rings. The summed E-state index contributed by atoms with van der Waals surface area (Å²) in [4.78, 5) is 11.1. The van der Waals surface area contributed by atoms with Crippen molar-refractivity contribution in [2.24, 2.45) is 5.92 Å². The standard InChI is InChI=1S/C12H14O3/c1-7-6-9-8(11(7)12(13)14)4-3-5-10(9)15-2/h3-5,7,11H,6H2,1-2H3,(H,13,14). The van der Waals surface area contributed by atoms with Crippen LogP contribution in [-0.4, -0.2) is 18.2 Å². The lowest BCUT2D eigenvalue weighted by molar-refractivity contribution is -0.139. The van der Waals surface area contributed by atoms with Crippen LogP contribution in [0.4, 0.5) is 0 Å². The van der Waals surface area contributed by atoms with Gasteiger partial charge < -0.3 is 9.84 Å². The van der Waals surface area contributed by atoms with Crippen molar-refractivity contribution in [1.82, 2.24) is 0 Å². The smallest absolute Gasteiger partial charge is 0.311 e. The van der Waals surface area contributed by atoms with Crippen LogP contribution in [0.2, 0.25) is 0 Å². The lowest BCUT2D eigenvalue weighted by Crippen LogP contribution is -2.14. The zero-order valence-electron chi connectivity index (χ0n) is 8.86. The van der Waals surface area contributed by atoms with Gasteiger partial charge in [0.25, 0.3) is 0 Å². The second-order valence-electron chi connectivity index (χ2n) is 4.03. The second kappa shape index (κ2) is 3.57. The van der Waals surface area contributed by atoms with Gasteiger partial charge in [0, 0.05) is 0 Å². The van der Waals surface area contributed by atoms with Gasteiger partial charge in [-0.25, -0.2) is 0 Å². The zero-order chi connectivity index (χ0) is 11.0. The Morgan fingerprint density at radius 1 is 1.53 bits per heavy atom. The number of carboxylic acids is 1. The number of benzene rings is 1. The fourth-order valence-corrected chi connectivity index (χ4v) is 2.41. The number of methoxy groups -OCH3 is 1. The predicted molar refractivity (Wildman–Crippen MR) is 56.2 cm³/mol. The van der Waals surface area contributed by atoms with E-state index in [9.17, 15) is 4.79 Å². The van der Waals surface area contributed by atoms with Crippen molar-refractivity contribution in [3.8, 4) is 5.75 Å². The third-order valence-corrected chi connectivity index (χ3v) is 3.09. The van der Waals surface area contributed by atoms with E-state index in [1.165, 1.54) is 0 Å². The molecule has 0 heterocycles. The zero-order valence-corrected chi connectivity index (χ0v) is 8.86. The third kappa shape index (κ3) is 1.48. The molecule has 0 radical (unpaired) electrons. The molecule has 0 spiro atoms. The molecule has 1 N–H and O–H groups in total. The summed E-state index contributed by atoms with van der Waals surface area (Å²) in [6, 6.07) is 5.63. The molecule has 0 fully saturated rings. The van der Waals surface area contributed by atoms with Crippen LogP contribution < -0.4 is 4.74 Å². The van der Waals surface area contributed by atoms with E-state index in [2.05, 4.69) is 0 Å². The van der Waals surface area contributed by atoms with Gasteiger partial charge in [-0.05, 0) is 29.5 Å². The Morgan fingerprint density at radius 3 is 2.87 bits per heavy atom. The molecule has 0 bridgehead atoms. The normalized spacial score (nSPS) is 23.6. The highest BCUT2D eigenvalue weighted by atomic mass is 16.5. The highest BCUT2D eigenvalue weighted by molar-refractivity contribution is 5.79. The molecule has 80 valence electrons. The summed E-state index contributed by atoms with van der Waals surface area (Å²) < 4.78 is 5.24. The monoisotopic (exact) mass is 206 g/mol. The summed E-state index contributed by atoms with van der Waals surface area (Å²) in [6.07, 6.45) is 0.788. The lowest BCUT2D eigenvalue weighted by Gasteiger charge is -2.10. The largest absolute Gasteiger partial charge is 0.496 e. The van der Waals surface area contributed by atoms with Crippen LogP contribution in [-0.2, 0) is 11.2 Å². The molecule has 3 nitrogen and oxygen atoms in total. The van der Waals surface area contributed by atoms with Gasteiger partial charge in [-0.3, -0.25) is 4.79 Å². The van der Waals surface area contributed by atoms with E-state index in [0.29, 0.717) is 0 Å². The van der Waals surface area contributed by atoms with Gasteiger partial charge in [0.1, 0.15) is 5.75 Å². The van der Waals surface area contributed by atoms with Crippen LogP contribution in [0.15, 0.2) is 18.2 Å². The van der Waals surface area contributed by atoms with Gasteiger partial charge in [-0.1, -0.05) is 19.1 Å². The Morgan fingerprint density at radius 2 is 2.27 bits per heavy atom. The number of carboxylic acid groups (broad SMARTS) is 1. The van der Waals surface area contributed by atoms with Crippen molar-refractivity contribution in [3.05, 3.63) is 29.3 Å². The average molecular weight is 206 g/mol. The molecule has 0 aliphatic heterocycles. The van der Waals surface area contributed by atoms with Crippen molar-refractivity contribution in [2.75, 3.05) is 7.11 Å². The third-order valence-electron chi connectivity index (χ3n) is 3.09.